The number of methoxy groups -OCH3 is 1. The topological polar surface area (TPSA) is 39.9 Å². The molecule has 0 aliphatic rings. The van der Waals surface area contributed by atoms with E-state index in [9.17, 15) is 0 Å². The van der Waals surface area contributed by atoms with Crippen LogP contribution in [0.15, 0.2) is 54.7 Å². The number of para-hydroxylation sites is 1. The monoisotopic (exact) mass is 293 g/mol. The minimum Gasteiger partial charge on any atom is -0.496 e. The normalized spacial score (nSPS) is 10.6. The molecule has 3 aromatic rings. The SMILES string of the molecule is COc1cccc(C)c1CCc1cn(-c2ccccc2)nn1. The number of hydrogen-bond acceptors (Lipinski definition) is 3. The summed E-state index contributed by atoms with van der Waals surface area (Å²) in [5, 5.41) is 8.46. The standard InChI is InChI=1S/C18H19N3O/c1-14-7-6-10-18(22-2)17(14)12-11-15-13-21(20-19-15)16-8-4-3-5-9-16/h3-10,13H,11-12H2,1-2H3. The lowest BCUT2D eigenvalue weighted by atomic mass is 10.0. The van der Waals surface area contributed by atoms with E-state index in [0.717, 1.165) is 30.0 Å². The maximum atomic E-state index is 5.45. The summed E-state index contributed by atoms with van der Waals surface area (Å²) in [5.41, 5.74) is 4.48. The van der Waals surface area contributed by atoms with Gasteiger partial charge in [0.2, 0.25) is 0 Å². The summed E-state index contributed by atoms with van der Waals surface area (Å²) in [6.45, 7) is 2.11. The second kappa shape index (κ2) is 6.43. The number of rotatable bonds is 5. The van der Waals surface area contributed by atoms with E-state index in [-0.39, 0.29) is 0 Å². The summed E-state index contributed by atoms with van der Waals surface area (Å²) in [7, 11) is 1.71. The average Bonchev–Trinajstić information content (AvgIpc) is 3.03. The third kappa shape index (κ3) is 3.01. The van der Waals surface area contributed by atoms with Crippen LogP contribution in [0.4, 0.5) is 0 Å². The van der Waals surface area contributed by atoms with Crippen molar-refractivity contribution >= 4 is 0 Å². The molecule has 0 fully saturated rings. The van der Waals surface area contributed by atoms with E-state index in [1.54, 1.807) is 7.11 Å². The van der Waals surface area contributed by atoms with Crippen molar-refractivity contribution in [3.8, 4) is 11.4 Å². The Kier molecular flexibility index (Phi) is 4.19. The fourth-order valence-corrected chi connectivity index (χ4v) is 2.56. The molecule has 0 saturated heterocycles. The van der Waals surface area contributed by atoms with E-state index in [4.69, 9.17) is 4.74 Å². The van der Waals surface area contributed by atoms with Crippen LogP contribution in [0, 0.1) is 6.92 Å². The van der Waals surface area contributed by atoms with Gasteiger partial charge in [-0.2, -0.15) is 0 Å². The lowest BCUT2D eigenvalue weighted by molar-refractivity contribution is 0.409. The lowest BCUT2D eigenvalue weighted by Crippen LogP contribution is -1.98. The first-order valence-corrected chi connectivity index (χ1v) is 7.37. The zero-order valence-corrected chi connectivity index (χ0v) is 12.9. The molecule has 22 heavy (non-hydrogen) atoms. The number of hydrogen-bond donors (Lipinski definition) is 0. The van der Waals surface area contributed by atoms with E-state index in [2.05, 4.69) is 23.3 Å². The van der Waals surface area contributed by atoms with Gasteiger partial charge in [-0.1, -0.05) is 35.5 Å². The van der Waals surface area contributed by atoms with E-state index in [0.29, 0.717) is 0 Å². The van der Waals surface area contributed by atoms with Gasteiger partial charge in [0.05, 0.1) is 24.7 Å². The maximum absolute atomic E-state index is 5.45. The summed E-state index contributed by atoms with van der Waals surface area (Å²) >= 11 is 0. The molecule has 0 spiro atoms. The molecule has 2 aromatic carbocycles. The van der Waals surface area contributed by atoms with Gasteiger partial charge in [0, 0.05) is 0 Å². The van der Waals surface area contributed by atoms with E-state index < -0.39 is 0 Å². The van der Waals surface area contributed by atoms with Crippen molar-refractivity contribution < 1.29 is 4.74 Å². The van der Waals surface area contributed by atoms with Crippen LogP contribution in [0.3, 0.4) is 0 Å². The predicted molar refractivity (Wildman–Crippen MR) is 86.5 cm³/mol. The highest BCUT2D eigenvalue weighted by Gasteiger charge is 2.08. The van der Waals surface area contributed by atoms with Gasteiger partial charge >= 0.3 is 0 Å². The van der Waals surface area contributed by atoms with Crippen LogP contribution in [0.25, 0.3) is 5.69 Å². The van der Waals surface area contributed by atoms with Crippen LogP contribution in [-0.2, 0) is 12.8 Å². The Labute approximate surface area is 130 Å². The molecule has 0 atom stereocenters. The smallest absolute Gasteiger partial charge is 0.122 e. The third-order valence-corrected chi connectivity index (χ3v) is 3.78. The summed E-state index contributed by atoms with van der Waals surface area (Å²) in [6, 6.07) is 16.1. The summed E-state index contributed by atoms with van der Waals surface area (Å²) in [5.74, 6) is 0.940. The largest absolute Gasteiger partial charge is 0.496 e. The molecule has 0 aliphatic carbocycles. The molecule has 0 N–H and O–H groups in total. The Balaban J connectivity index is 1.74. The van der Waals surface area contributed by atoms with Crippen molar-refractivity contribution in [2.75, 3.05) is 7.11 Å². The highest BCUT2D eigenvalue weighted by Crippen LogP contribution is 2.23. The summed E-state index contributed by atoms with van der Waals surface area (Å²) in [6.07, 6.45) is 3.72. The first-order valence-electron chi connectivity index (χ1n) is 7.37. The zero-order valence-electron chi connectivity index (χ0n) is 12.9. The van der Waals surface area contributed by atoms with E-state index in [1.807, 2.05) is 53.3 Å². The van der Waals surface area contributed by atoms with Gasteiger partial charge in [-0.25, -0.2) is 4.68 Å². The van der Waals surface area contributed by atoms with Crippen molar-refractivity contribution in [3.05, 3.63) is 71.5 Å². The molecule has 0 aliphatic heterocycles. The highest BCUT2D eigenvalue weighted by atomic mass is 16.5. The molecule has 0 unspecified atom stereocenters. The van der Waals surface area contributed by atoms with Gasteiger partial charge in [-0.05, 0) is 49.1 Å². The van der Waals surface area contributed by atoms with Crippen LogP contribution < -0.4 is 4.74 Å². The van der Waals surface area contributed by atoms with Gasteiger partial charge in [0.15, 0.2) is 0 Å². The molecule has 1 heterocycles. The number of benzene rings is 2. The molecule has 0 amide bonds. The molecule has 112 valence electrons. The summed E-state index contributed by atoms with van der Waals surface area (Å²) < 4.78 is 7.26. The lowest BCUT2D eigenvalue weighted by Gasteiger charge is -2.10. The highest BCUT2D eigenvalue weighted by molar-refractivity contribution is 5.40. The maximum Gasteiger partial charge on any atom is 0.122 e. The molecule has 0 bridgehead atoms. The Morgan fingerprint density at radius 1 is 1.00 bits per heavy atom. The Morgan fingerprint density at radius 2 is 1.82 bits per heavy atom. The van der Waals surface area contributed by atoms with Crippen molar-refractivity contribution in [2.45, 2.75) is 19.8 Å². The average molecular weight is 293 g/mol. The molecular formula is C18H19N3O. The number of aromatic nitrogens is 3. The Morgan fingerprint density at radius 3 is 2.59 bits per heavy atom. The predicted octanol–water partition coefficient (Wildman–Crippen LogP) is 3.37. The first kappa shape index (κ1) is 14.3. The Bertz CT molecular complexity index is 750. The van der Waals surface area contributed by atoms with Crippen molar-refractivity contribution in [2.24, 2.45) is 0 Å². The molecule has 1 aromatic heterocycles. The van der Waals surface area contributed by atoms with Crippen LogP contribution >= 0.6 is 0 Å². The summed E-state index contributed by atoms with van der Waals surface area (Å²) in [4.78, 5) is 0. The molecular weight excluding hydrogens is 274 g/mol. The van der Waals surface area contributed by atoms with Crippen molar-refractivity contribution in [3.63, 3.8) is 0 Å². The minimum absolute atomic E-state index is 0.841. The number of aryl methyl sites for hydroxylation is 2. The van der Waals surface area contributed by atoms with E-state index in [1.165, 1.54) is 11.1 Å². The zero-order chi connectivity index (χ0) is 15.4. The second-order valence-electron chi connectivity index (χ2n) is 5.25. The van der Waals surface area contributed by atoms with E-state index >= 15 is 0 Å². The fraction of sp³-hybridized carbons (Fsp3) is 0.222. The van der Waals surface area contributed by atoms with Crippen LogP contribution in [-0.4, -0.2) is 22.1 Å². The van der Waals surface area contributed by atoms with Gasteiger partial charge in [0.25, 0.3) is 0 Å². The Hall–Kier alpha value is -2.62. The first-order chi connectivity index (χ1) is 10.8. The van der Waals surface area contributed by atoms with Gasteiger partial charge in [-0.15, -0.1) is 5.10 Å². The second-order valence-corrected chi connectivity index (χ2v) is 5.25. The molecule has 4 nitrogen and oxygen atoms in total. The molecule has 0 saturated carbocycles. The van der Waals surface area contributed by atoms with Crippen LogP contribution in [0.2, 0.25) is 0 Å². The number of nitrogens with zero attached hydrogens (tertiary/aromatic N) is 3. The van der Waals surface area contributed by atoms with Crippen LogP contribution in [0.1, 0.15) is 16.8 Å². The van der Waals surface area contributed by atoms with Crippen molar-refractivity contribution in [1.29, 1.82) is 0 Å². The fourth-order valence-electron chi connectivity index (χ4n) is 2.56. The van der Waals surface area contributed by atoms with Crippen LogP contribution in [0.5, 0.6) is 5.75 Å². The van der Waals surface area contributed by atoms with Gasteiger partial charge in [-0.3, -0.25) is 0 Å². The van der Waals surface area contributed by atoms with Crippen molar-refractivity contribution in [1.82, 2.24) is 15.0 Å². The quantitative estimate of drug-likeness (QED) is 0.724. The van der Waals surface area contributed by atoms with Gasteiger partial charge in [0.1, 0.15) is 5.75 Å². The molecule has 0 radical (unpaired) electrons. The number of ether oxygens (including phenoxy) is 1. The molecule has 3 rings (SSSR count). The van der Waals surface area contributed by atoms with Gasteiger partial charge < -0.3 is 4.74 Å². The molecule has 4 heteroatoms. The minimum atomic E-state index is 0.841. The third-order valence-electron chi connectivity index (χ3n) is 3.78.